The van der Waals surface area contributed by atoms with Crippen LogP contribution in [0.15, 0.2) is 42.5 Å². The summed E-state index contributed by atoms with van der Waals surface area (Å²) in [5.74, 6) is 0. The van der Waals surface area contributed by atoms with E-state index in [2.05, 4.69) is 23.2 Å². The van der Waals surface area contributed by atoms with E-state index in [1.807, 2.05) is 30.4 Å². The van der Waals surface area contributed by atoms with Crippen LogP contribution in [0.4, 0.5) is 0 Å². The second-order valence-corrected chi connectivity index (χ2v) is 4.61. The minimum absolute atomic E-state index is 0. The third kappa shape index (κ3) is 3.19. The first kappa shape index (κ1) is 15.8. The number of nitrogens with two attached hydrogens (primary N) is 2. The molecule has 1 aliphatic rings. The van der Waals surface area contributed by atoms with Crippen LogP contribution >= 0.6 is 24.8 Å². The summed E-state index contributed by atoms with van der Waals surface area (Å²) in [4.78, 5) is 3.39. The van der Waals surface area contributed by atoms with Crippen molar-refractivity contribution in [1.82, 2.24) is 4.98 Å². The third-order valence-corrected chi connectivity index (χ3v) is 3.07. The molecule has 0 saturated heterocycles. The van der Waals surface area contributed by atoms with E-state index in [4.69, 9.17) is 11.5 Å². The lowest BCUT2D eigenvalue weighted by Crippen LogP contribution is -2.50. The van der Waals surface area contributed by atoms with Gasteiger partial charge in [0.1, 0.15) is 0 Å². The molecule has 2 aromatic rings. The number of aromatic amines is 1. The normalized spacial score (nSPS) is 15.1. The largest absolute Gasteiger partial charge is 0.358 e. The van der Waals surface area contributed by atoms with Gasteiger partial charge in [-0.2, -0.15) is 0 Å². The number of rotatable bonds is 1. The fourth-order valence-electron chi connectivity index (χ4n) is 2.19. The van der Waals surface area contributed by atoms with Crippen molar-refractivity contribution in [2.45, 2.75) is 12.1 Å². The average Bonchev–Trinajstić information content (AvgIpc) is 2.71. The van der Waals surface area contributed by atoms with Crippen LogP contribution < -0.4 is 11.5 Å². The molecule has 3 nitrogen and oxygen atoms in total. The first-order chi connectivity index (χ1) is 8.14. The molecular weight excluding hydrogens is 281 g/mol. The van der Waals surface area contributed by atoms with Crippen LogP contribution in [0.2, 0.25) is 0 Å². The van der Waals surface area contributed by atoms with Gasteiger partial charge in [-0.05, 0) is 23.3 Å². The highest BCUT2D eigenvalue weighted by Gasteiger charge is 2.23. The van der Waals surface area contributed by atoms with Gasteiger partial charge in [0, 0.05) is 17.8 Å². The van der Waals surface area contributed by atoms with Gasteiger partial charge in [-0.1, -0.05) is 36.4 Å². The standard InChI is InChI=1S/C14H15N3.2ClH/c15-14(16)7-6-11-8-12(17-13(11)9-14)10-4-2-1-3-5-10;;/h1-8,17H,9,15-16H2;2*1H. The highest BCUT2D eigenvalue weighted by atomic mass is 35.5. The molecular formula is C14H17Cl2N3. The van der Waals surface area contributed by atoms with Crippen molar-refractivity contribution in [2.75, 3.05) is 0 Å². The molecule has 5 heteroatoms. The summed E-state index contributed by atoms with van der Waals surface area (Å²) < 4.78 is 0. The Kier molecular flexibility index (Phi) is 4.82. The summed E-state index contributed by atoms with van der Waals surface area (Å²) in [7, 11) is 0. The van der Waals surface area contributed by atoms with Crippen LogP contribution in [0.25, 0.3) is 17.3 Å². The maximum absolute atomic E-state index is 5.91. The van der Waals surface area contributed by atoms with Gasteiger partial charge < -0.3 is 16.5 Å². The Morgan fingerprint density at radius 3 is 2.42 bits per heavy atom. The zero-order valence-corrected chi connectivity index (χ0v) is 11.9. The van der Waals surface area contributed by atoms with Gasteiger partial charge in [0.15, 0.2) is 0 Å². The van der Waals surface area contributed by atoms with Gasteiger partial charge >= 0.3 is 0 Å². The summed E-state index contributed by atoms with van der Waals surface area (Å²) >= 11 is 0. The summed E-state index contributed by atoms with van der Waals surface area (Å²) in [5, 5.41) is 0. The van der Waals surface area contributed by atoms with E-state index in [-0.39, 0.29) is 24.8 Å². The van der Waals surface area contributed by atoms with Crippen LogP contribution in [-0.4, -0.2) is 10.6 Å². The van der Waals surface area contributed by atoms with Crippen molar-refractivity contribution in [3.05, 3.63) is 53.7 Å². The van der Waals surface area contributed by atoms with Crippen LogP contribution in [-0.2, 0) is 6.42 Å². The fraction of sp³-hybridized carbons (Fsp3) is 0.143. The number of nitrogens with one attached hydrogen (secondary N) is 1. The second-order valence-electron chi connectivity index (χ2n) is 4.61. The lowest BCUT2D eigenvalue weighted by atomic mass is 9.96. The summed E-state index contributed by atoms with van der Waals surface area (Å²) in [6.45, 7) is 0. The second kappa shape index (κ2) is 5.80. The van der Waals surface area contributed by atoms with E-state index < -0.39 is 5.66 Å². The first-order valence-corrected chi connectivity index (χ1v) is 5.68. The van der Waals surface area contributed by atoms with E-state index in [0.717, 1.165) is 11.4 Å². The molecule has 0 aliphatic heterocycles. The van der Waals surface area contributed by atoms with Gasteiger partial charge in [-0.3, -0.25) is 0 Å². The van der Waals surface area contributed by atoms with Crippen molar-refractivity contribution >= 4 is 30.9 Å². The number of aromatic nitrogens is 1. The van der Waals surface area contributed by atoms with E-state index in [0.29, 0.717) is 6.42 Å². The summed E-state index contributed by atoms with van der Waals surface area (Å²) in [6, 6.07) is 12.4. The Labute approximate surface area is 124 Å². The van der Waals surface area contributed by atoms with Gasteiger partial charge in [-0.25, -0.2) is 0 Å². The molecule has 0 fully saturated rings. The lowest BCUT2D eigenvalue weighted by molar-refractivity contribution is 0.541. The highest BCUT2D eigenvalue weighted by Crippen LogP contribution is 2.27. The van der Waals surface area contributed by atoms with Crippen LogP contribution in [0.3, 0.4) is 0 Å². The van der Waals surface area contributed by atoms with E-state index in [1.54, 1.807) is 0 Å². The number of benzene rings is 1. The molecule has 0 atom stereocenters. The molecule has 1 aromatic carbocycles. The lowest BCUT2D eigenvalue weighted by Gasteiger charge is -2.23. The fourth-order valence-corrected chi connectivity index (χ4v) is 2.19. The molecule has 19 heavy (non-hydrogen) atoms. The molecule has 1 heterocycles. The molecule has 0 bridgehead atoms. The molecule has 1 aromatic heterocycles. The number of hydrogen-bond acceptors (Lipinski definition) is 2. The van der Waals surface area contributed by atoms with E-state index in [1.165, 1.54) is 11.1 Å². The Morgan fingerprint density at radius 1 is 1.05 bits per heavy atom. The van der Waals surface area contributed by atoms with Crippen molar-refractivity contribution < 1.29 is 0 Å². The Hall–Kier alpha value is -1.26. The van der Waals surface area contributed by atoms with Gasteiger partial charge in [0.2, 0.25) is 0 Å². The predicted octanol–water partition coefficient (Wildman–Crippen LogP) is 2.71. The molecule has 0 radical (unpaired) electrons. The van der Waals surface area contributed by atoms with Crippen LogP contribution in [0, 0.1) is 0 Å². The van der Waals surface area contributed by atoms with E-state index in [9.17, 15) is 0 Å². The first-order valence-electron chi connectivity index (χ1n) is 5.68. The molecule has 0 spiro atoms. The van der Waals surface area contributed by atoms with E-state index >= 15 is 0 Å². The summed E-state index contributed by atoms with van der Waals surface area (Å²) in [6.07, 6.45) is 4.49. The quantitative estimate of drug-likeness (QED) is 0.709. The van der Waals surface area contributed by atoms with Crippen LogP contribution in [0.1, 0.15) is 11.3 Å². The zero-order chi connectivity index (χ0) is 11.9. The molecule has 102 valence electrons. The van der Waals surface area contributed by atoms with Crippen molar-refractivity contribution in [3.63, 3.8) is 0 Å². The number of hydrogen-bond donors (Lipinski definition) is 3. The molecule has 3 rings (SSSR count). The molecule has 5 N–H and O–H groups in total. The monoisotopic (exact) mass is 297 g/mol. The average molecular weight is 298 g/mol. The number of fused-ring (bicyclic) bond motifs is 1. The Balaban J connectivity index is 0.000000902. The molecule has 0 amide bonds. The van der Waals surface area contributed by atoms with Crippen molar-refractivity contribution in [1.29, 1.82) is 0 Å². The molecule has 0 saturated carbocycles. The maximum Gasteiger partial charge on any atom is 0.0887 e. The van der Waals surface area contributed by atoms with Crippen LogP contribution in [0.5, 0.6) is 0 Å². The van der Waals surface area contributed by atoms with Crippen molar-refractivity contribution in [3.8, 4) is 11.3 Å². The highest BCUT2D eigenvalue weighted by molar-refractivity contribution is 5.85. The molecule has 0 unspecified atom stereocenters. The number of H-pyrrole nitrogens is 1. The Bertz CT molecular complexity index is 574. The maximum atomic E-state index is 5.91. The number of halogens is 2. The van der Waals surface area contributed by atoms with Gasteiger partial charge in [0.25, 0.3) is 0 Å². The Morgan fingerprint density at radius 2 is 1.74 bits per heavy atom. The minimum atomic E-state index is -0.730. The minimum Gasteiger partial charge on any atom is -0.358 e. The third-order valence-electron chi connectivity index (χ3n) is 3.07. The topological polar surface area (TPSA) is 67.8 Å². The van der Waals surface area contributed by atoms with Crippen molar-refractivity contribution in [2.24, 2.45) is 11.5 Å². The van der Waals surface area contributed by atoms with Gasteiger partial charge in [-0.15, -0.1) is 24.8 Å². The van der Waals surface area contributed by atoms with Gasteiger partial charge in [0.05, 0.1) is 5.66 Å². The predicted molar refractivity (Wildman–Crippen MR) is 84.6 cm³/mol. The zero-order valence-electron chi connectivity index (χ0n) is 10.3. The SMILES string of the molecule is Cl.Cl.NC1(N)C=Cc2cc(-c3ccccc3)[nH]c2C1. The smallest absolute Gasteiger partial charge is 0.0887 e. The summed E-state index contributed by atoms with van der Waals surface area (Å²) in [5.41, 5.74) is 15.7. The molecule has 1 aliphatic carbocycles.